The summed E-state index contributed by atoms with van der Waals surface area (Å²) in [5.41, 5.74) is -2.02. The lowest BCUT2D eigenvalue weighted by Gasteiger charge is -2.40. The minimum Gasteiger partial charge on any atom is -0.394 e. The fourth-order valence-corrected chi connectivity index (χ4v) is 7.76. The van der Waals surface area contributed by atoms with Gasteiger partial charge in [0.15, 0.2) is 0 Å². The molecule has 0 saturated carbocycles. The first kappa shape index (κ1) is 31.7. The van der Waals surface area contributed by atoms with Crippen LogP contribution in [0.3, 0.4) is 0 Å². The fraction of sp³-hybridized carbons (Fsp3) is 0.774. The van der Waals surface area contributed by atoms with Crippen LogP contribution in [0.2, 0.25) is 0 Å². The van der Waals surface area contributed by atoms with Gasteiger partial charge in [-0.2, -0.15) is 0 Å². The number of carbonyl (C=O) groups is 3. The van der Waals surface area contributed by atoms with Crippen molar-refractivity contribution < 1.29 is 29.0 Å². The smallest absolute Gasteiger partial charge is 0.248 e. The van der Waals surface area contributed by atoms with Crippen LogP contribution in [0, 0.1) is 17.8 Å². The number of aliphatic hydroxyl groups is 1. The van der Waals surface area contributed by atoms with Gasteiger partial charge in [-0.15, -0.1) is 13.2 Å². The molecule has 4 heterocycles. The number of morpholine rings is 1. The minimum absolute atomic E-state index is 0.0432. The molecule has 4 saturated heterocycles. The number of rotatable bonds is 14. The molecule has 4 aliphatic heterocycles. The minimum atomic E-state index is -1.14. The average molecular weight is 575 g/mol. The normalized spacial score (nSPS) is 33.5. The fourth-order valence-electron chi connectivity index (χ4n) is 7.76. The van der Waals surface area contributed by atoms with E-state index in [0.29, 0.717) is 58.8 Å². The number of nitrogens with zero attached hydrogens (tertiary/aromatic N) is 4. The van der Waals surface area contributed by atoms with Gasteiger partial charge in [0.2, 0.25) is 17.7 Å². The van der Waals surface area contributed by atoms with Gasteiger partial charge in [-0.25, -0.2) is 0 Å². The van der Waals surface area contributed by atoms with E-state index < -0.39 is 35.1 Å². The zero-order valence-corrected chi connectivity index (χ0v) is 25.4. The Morgan fingerprint density at radius 3 is 2.32 bits per heavy atom. The van der Waals surface area contributed by atoms with E-state index in [4.69, 9.17) is 9.47 Å². The third-order valence-corrected chi connectivity index (χ3v) is 9.93. The molecule has 3 unspecified atom stereocenters. The Balaban J connectivity index is 1.75. The Morgan fingerprint density at radius 1 is 1.12 bits per heavy atom. The van der Waals surface area contributed by atoms with Gasteiger partial charge in [0.05, 0.1) is 43.3 Å². The molecule has 0 aliphatic carbocycles. The molecule has 2 bridgehead atoms. The summed E-state index contributed by atoms with van der Waals surface area (Å²) in [6.07, 6.45) is 5.17. The number of carbonyl (C=O) groups excluding carboxylic acids is 3. The Kier molecular flexibility index (Phi) is 9.99. The molecule has 4 aliphatic rings. The first-order valence-electron chi connectivity index (χ1n) is 15.4. The first-order chi connectivity index (χ1) is 19.6. The molecule has 4 rings (SSSR count). The van der Waals surface area contributed by atoms with Crippen LogP contribution in [0.4, 0.5) is 0 Å². The van der Waals surface area contributed by atoms with Crippen LogP contribution >= 0.6 is 0 Å². The molecule has 4 fully saturated rings. The zero-order chi connectivity index (χ0) is 29.9. The molecule has 0 radical (unpaired) electrons. The molecule has 41 heavy (non-hydrogen) atoms. The van der Waals surface area contributed by atoms with Gasteiger partial charge in [-0.05, 0) is 32.1 Å². The van der Waals surface area contributed by atoms with Crippen LogP contribution < -0.4 is 0 Å². The van der Waals surface area contributed by atoms with Crippen molar-refractivity contribution in [2.24, 2.45) is 17.8 Å². The van der Waals surface area contributed by atoms with Gasteiger partial charge in [-0.1, -0.05) is 32.9 Å². The van der Waals surface area contributed by atoms with E-state index in [-0.39, 0.29) is 30.2 Å². The maximum absolute atomic E-state index is 14.6. The predicted molar refractivity (Wildman–Crippen MR) is 156 cm³/mol. The standard InChI is InChI=1S/C31H50N4O6/c1-7-11-33(12-8-2)27(37)24-25-28(38)35(23(10-4)21-36)26(31(25)20-22(5)30(24,6)41-31)29(39)34(13-9-3)15-14-32-16-18-40-19-17-32/h7,9,22-26,36H,1,3,8,10-21H2,2,4-6H3/t22?,23-,24+,25-,26?,30-,31?/m0/s1. The van der Waals surface area contributed by atoms with Crippen LogP contribution in [-0.2, 0) is 23.9 Å². The van der Waals surface area contributed by atoms with E-state index in [1.807, 2.05) is 20.8 Å². The second-order valence-corrected chi connectivity index (χ2v) is 12.3. The second-order valence-electron chi connectivity index (χ2n) is 12.3. The molecule has 1 N–H and O–H groups in total. The summed E-state index contributed by atoms with van der Waals surface area (Å²) in [7, 11) is 0. The summed E-state index contributed by atoms with van der Waals surface area (Å²) in [6, 6.07) is -1.48. The summed E-state index contributed by atoms with van der Waals surface area (Å²) >= 11 is 0. The van der Waals surface area contributed by atoms with Crippen molar-refractivity contribution in [3.8, 4) is 0 Å². The summed E-state index contributed by atoms with van der Waals surface area (Å²) in [5, 5.41) is 10.4. The molecule has 10 nitrogen and oxygen atoms in total. The van der Waals surface area contributed by atoms with Crippen molar-refractivity contribution in [3.63, 3.8) is 0 Å². The predicted octanol–water partition coefficient (Wildman–Crippen LogP) is 1.54. The van der Waals surface area contributed by atoms with Crippen molar-refractivity contribution >= 4 is 17.7 Å². The SMILES string of the molecule is C=CCN(CCN1CCOCC1)C(=O)C1N([C@@H](CC)CO)C(=O)[C@@H]2[C@H](C(=O)N(CC=C)CCC)[C@@]3(C)OC12CC3C. The highest BCUT2D eigenvalue weighted by molar-refractivity contribution is 5.99. The summed E-state index contributed by atoms with van der Waals surface area (Å²) in [5.74, 6) is -2.15. The van der Waals surface area contributed by atoms with Gasteiger partial charge in [0.25, 0.3) is 0 Å². The lowest BCUT2D eigenvalue weighted by atomic mass is 9.62. The molecular formula is C31H50N4O6. The maximum atomic E-state index is 14.6. The lowest BCUT2D eigenvalue weighted by molar-refractivity contribution is -0.157. The molecular weight excluding hydrogens is 524 g/mol. The van der Waals surface area contributed by atoms with Crippen molar-refractivity contribution in [3.05, 3.63) is 25.3 Å². The summed E-state index contributed by atoms with van der Waals surface area (Å²) in [4.78, 5) is 50.7. The number of hydrogen-bond acceptors (Lipinski definition) is 7. The van der Waals surface area contributed by atoms with E-state index in [9.17, 15) is 19.5 Å². The van der Waals surface area contributed by atoms with E-state index in [1.54, 1.807) is 26.9 Å². The van der Waals surface area contributed by atoms with Crippen LogP contribution in [-0.4, -0.2) is 131 Å². The maximum Gasteiger partial charge on any atom is 0.248 e. The number of likely N-dealkylation sites (tertiary alicyclic amines) is 1. The van der Waals surface area contributed by atoms with E-state index >= 15 is 0 Å². The topological polar surface area (TPSA) is 103 Å². The number of amides is 3. The summed E-state index contributed by atoms with van der Waals surface area (Å²) in [6.45, 7) is 20.7. The van der Waals surface area contributed by atoms with Crippen molar-refractivity contribution in [1.29, 1.82) is 0 Å². The number of fused-ring (bicyclic) bond motifs is 1. The number of aliphatic hydroxyl groups excluding tert-OH is 1. The highest BCUT2D eigenvalue weighted by Gasteiger charge is 2.80. The van der Waals surface area contributed by atoms with Crippen LogP contribution in [0.5, 0.6) is 0 Å². The van der Waals surface area contributed by atoms with Gasteiger partial charge in [-0.3, -0.25) is 19.3 Å². The number of ether oxygens (including phenoxy) is 2. The Hall–Kier alpha value is -2.27. The van der Waals surface area contributed by atoms with Crippen LogP contribution in [0.1, 0.15) is 47.0 Å². The van der Waals surface area contributed by atoms with Crippen molar-refractivity contribution in [2.45, 2.75) is 70.2 Å². The van der Waals surface area contributed by atoms with Crippen molar-refractivity contribution in [1.82, 2.24) is 19.6 Å². The van der Waals surface area contributed by atoms with Crippen LogP contribution in [0.25, 0.3) is 0 Å². The van der Waals surface area contributed by atoms with E-state index in [1.165, 1.54) is 0 Å². The largest absolute Gasteiger partial charge is 0.394 e. The molecule has 7 atom stereocenters. The first-order valence-corrected chi connectivity index (χ1v) is 15.4. The van der Waals surface area contributed by atoms with Gasteiger partial charge >= 0.3 is 0 Å². The Labute approximate surface area is 245 Å². The molecule has 3 amide bonds. The highest BCUT2D eigenvalue weighted by Crippen LogP contribution is 2.65. The third-order valence-electron chi connectivity index (χ3n) is 9.93. The van der Waals surface area contributed by atoms with Gasteiger partial charge in [0.1, 0.15) is 11.6 Å². The Bertz CT molecular complexity index is 997. The third kappa shape index (κ3) is 5.37. The monoisotopic (exact) mass is 574 g/mol. The molecule has 230 valence electrons. The lowest BCUT2D eigenvalue weighted by Crippen LogP contribution is -2.59. The Morgan fingerprint density at radius 2 is 1.76 bits per heavy atom. The van der Waals surface area contributed by atoms with Crippen LogP contribution in [0.15, 0.2) is 25.3 Å². The quantitative estimate of drug-likeness (QED) is 0.314. The molecule has 1 spiro atoms. The average Bonchev–Trinajstić information content (AvgIpc) is 3.48. The van der Waals surface area contributed by atoms with E-state index in [2.05, 4.69) is 25.0 Å². The zero-order valence-electron chi connectivity index (χ0n) is 25.4. The molecule has 0 aromatic carbocycles. The van der Waals surface area contributed by atoms with Crippen molar-refractivity contribution in [2.75, 3.05) is 65.6 Å². The summed E-state index contributed by atoms with van der Waals surface area (Å²) < 4.78 is 12.4. The van der Waals surface area contributed by atoms with E-state index in [0.717, 1.165) is 19.5 Å². The highest BCUT2D eigenvalue weighted by atomic mass is 16.5. The van der Waals surface area contributed by atoms with Gasteiger partial charge < -0.3 is 29.3 Å². The second kappa shape index (κ2) is 12.9. The molecule has 10 heteroatoms. The number of hydrogen-bond donors (Lipinski definition) is 1. The van der Waals surface area contributed by atoms with Gasteiger partial charge in [0, 0.05) is 45.8 Å². The molecule has 0 aromatic rings. The molecule has 0 aromatic heterocycles.